The zero-order chi connectivity index (χ0) is 28.3. The van der Waals surface area contributed by atoms with Crippen molar-refractivity contribution in [2.75, 3.05) is 0 Å². The summed E-state index contributed by atoms with van der Waals surface area (Å²) in [7, 11) is 0. The topological polar surface area (TPSA) is 30.7 Å². The maximum Gasteiger partial charge on any atom is 0.0972 e. The minimum atomic E-state index is 0.932. The average Bonchev–Trinajstić information content (AvgIpc) is 3.41. The predicted molar refractivity (Wildman–Crippen MR) is 180 cm³/mol. The highest BCUT2D eigenvalue weighted by atomic mass is 15.0. The van der Waals surface area contributed by atoms with Gasteiger partial charge in [-0.15, -0.1) is 0 Å². The highest BCUT2D eigenvalue weighted by Crippen LogP contribution is 2.40. The molecule has 9 rings (SSSR count). The summed E-state index contributed by atoms with van der Waals surface area (Å²) in [6, 6.07) is 50.2. The number of aromatic nitrogens is 3. The molecule has 0 fully saturated rings. The van der Waals surface area contributed by atoms with Gasteiger partial charge in [-0.3, -0.25) is 9.97 Å². The molecule has 0 radical (unpaired) electrons. The number of para-hydroxylation sites is 1. The molecule has 200 valence electrons. The Hall–Kier alpha value is -5.80. The van der Waals surface area contributed by atoms with Crippen LogP contribution in [0.3, 0.4) is 0 Å². The summed E-state index contributed by atoms with van der Waals surface area (Å²) in [5.74, 6) is 0. The fraction of sp³-hybridized carbons (Fsp3) is 0. The van der Waals surface area contributed by atoms with Gasteiger partial charge in [-0.2, -0.15) is 0 Å². The lowest BCUT2D eigenvalue weighted by atomic mass is 9.97. The van der Waals surface area contributed by atoms with Crippen molar-refractivity contribution < 1.29 is 0 Å². The Morgan fingerprint density at radius 2 is 0.953 bits per heavy atom. The molecule has 0 aliphatic rings. The standard InChI is InChI=1S/C40H25N3/c1-2-10-26(11-3-1)27-12-8-13-28(22-27)29-14-9-15-30(23-29)43-37-19-7-6-17-32(37)35-24-34-31-16-4-5-18-33(31)39-40(42-21-20-41-39)36(34)25-38(35)43/h1-25H. The second-order valence-corrected chi connectivity index (χ2v) is 11.1. The van der Waals surface area contributed by atoms with E-state index in [1.165, 1.54) is 49.3 Å². The van der Waals surface area contributed by atoms with Crippen molar-refractivity contribution in [2.45, 2.75) is 0 Å². The minimum absolute atomic E-state index is 0.932. The van der Waals surface area contributed by atoms with E-state index in [0.717, 1.165) is 33.0 Å². The summed E-state index contributed by atoms with van der Waals surface area (Å²) in [6.45, 7) is 0. The normalized spacial score (nSPS) is 11.7. The molecular weight excluding hydrogens is 522 g/mol. The van der Waals surface area contributed by atoms with Crippen LogP contribution in [0, 0.1) is 0 Å². The van der Waals surface area contributed by atoms with Gasteiger partial charge in [0.2, 0.25) is 0 Å². The first-order valence-corrected chi connectivity index (χ1v) is 14.6. The van der Waals surface area contributed by atoms with Crippen LogP contribution in [0.5, 0.6) is 0 Å². The van der Waals surface area contributed by atoms with Gasteiger partial charge < -0.3 is 4.57 Å². The molecule has 0 unspecified atom stereocenters. The van der Waals surface area contributed by atoms with Gasteiger partial charge in [0.15, 0.2) is 0 Å². The summed E-state index contributed by atoms with van der Waals surface area (Å²) in [5, 5.41) is 7.11. The van der Waals surface area contributed by atoms with Gasteiger partial charge in [0, 0.05) is 39.6 Å². The van der Waals surface area contributed by atoms with E-state index in [0.29, 0.717) is 0 Å². The van der Waals surface area contributed by atoms with Gasteiger partial charge >= 0.3 is 0 Å². The van der Waals surface area contributed by atoms with E-state index in [-0.39, 0.29) is 0 Å². The Morgan fingerprint density at radius 1 is 0.349 bits per heavy atom. The van der Waals surface area contributed by atoms with Crippen molar-refractivity contribution >= 4 is 54.4 Å². The molecule has 43 heavy (non-hydrogen) atoms. The second-order valence-electron chi connectivity index (χ2n) is 11.1. The van der Waals surface area contributed by atoms with Crippen LogP contribution in [0.4, 0.5) is 0 Å². The molecule has 0 saturated carbocycles. The quantitative estimate of drug-likeness (QED) is 0.206. The van der Waals surface area contributed by atoms with Crippen LogP contribution in [0.15, 0.2) is 152 Å². The van der Waals surface area contributed by atoms with Gasteiger partial charge in [0.05, 0.1) is 22.1 Å². The van der Waals surface area contributed by atoms with Crippen molar-refractivity contribution in [2.24, 2.45) is 0 Å². The highest BCUT2D eigenvalue weighted by Gasteiger charge is 2.17. The predicted octanol–water partition coefficient (Wildman–Crippen LogP) is 10.4. The molecule has 0 bridgehead atoms. The van der Waals surface area contributed by atoms with E-state index in [4.69, 9.17) is 9.97 Å². The molecular formula is C40H25N3. The Morgan fingerprint density at radius 3 is 1.77 bits per heavy atom. The van der Waals surface area contributed by atoms with Crippen LogP contribution in [0.25, 0.3) is 82.3 Å². The molecule has 2 aromatic heterocycles. The molecule has 0 spiro atoms. The molecule has 3 nitrogen and oxygen atoms in total. The number of hydrogen-bond donors (Lipinski definition) is 0. The van der Waals surface area contributed by atoms with Gasteiger partial charge in [0.25, 0.3) is 0 Å². The third-order valence-electron chi connectivity index (χ3n) is 8.64. The van der Waals surface area contributed by atoms with Crippen molar-refractivity contribution in [3.05, 3.63) is 152 Å². The molecule has 9 aromatic rings. The van der Waals surface area contributed by atoms with Gasteiger partial charge in [-0.25, -0.2) is 0 Å². The lowest BCUT2D eigenvalue weighted by Crippen LogP contribution is -1.95. The second kappa shape index (κ2) is 9.37. The Labute approximate surface area is 248 Å². The SMILES string of the molecule is c1ccc(-c2cccc(-c3cccc(-n4c5ccccc5c5cc6c7ccccc7c7nccnc7c6cc54)c3)c2)cc1. The smallest absolute Gasteiger partial charge is 0.0972 e. The first-order valence-electron chi connectivity index (χ1n) is 14.6. The minimum Gasteiger partial charge on any atom is -0.309 e. The summed E-state index contributed by atoms with van der Waals surface area (Å²) < 4.78 is 2.39. The van der Waals surface area contributed by atoms with Crippen LogP contribution >= 0.6 is 0 Å². The van der Waals surface area contributed by atoms with Crippen LogP contribution in [0.2, 0.25) is 0 Å². The Bertz CT molecular complexity index is 2510. The Kier molecular flexibility index (Phi) is 5.20. The summed E-state index contributed by atoms with van der Waals surface area (Å²) in [4.78, 5) is 9.61. The monoisotopic (exact) mass is 547 g/mol. The number of nitrogens with zero attached hydrogens (tertiary/aromatic N) is 3. The van der Waals surface area contributed by atoms with Gasteiger partial charge in [-0.05, 0) is 69.4 Å². The van der Waals surface area contributed by atoms with Crippen LogP contribution in [0.1, 0.15) is 0 Å². The van der Waals surface area contributed by atoms with E-state index in [2.05, 4.69) is 144 Å². The maximum atomic E-state index is 4.84. The van der Waals surface area contributed by atoms with Gasteiger partial charge in [-0.1, -0.05) is 103 Å². The van der Waals surface area contributed by atoms with E-state index >= 15 is 0 Å². The Balaban J connectivity index is 1.32. The number of benzene rings is 7. The third-order valence-corrected chi connectivity index (χ3v) is 8.64. The molecule has 2 heterocycles. The zero-order valence-electron chi connectivity index (χ0n) is 23.3. The molecule has 7 aromatic carbocycles. The summed E-state index contributed by atoms with van der Waals surface area (Å²) in [6.07, 6.45) is 3.58. The van der Waals surface area contributed by atoms with E-state index in [1.807, 2.05) is 0 Å². The molecule has 0 aliphatic heterocycles. The molecule has 0 amide bonds. The number of rotatable bonds is 3. The van der Waals surface area contributed by atoms with Crippen molar-refractivity contribution in [1.82, 2.24) is 14.5 Å². The van der Waals surface area contributed by atoms with Crippen LogP contribution < -0.4 is 0 Å². The molecule has 3 heteroatoms. The average molecular weight is 548 g/mol. The van der Waals surface area contributed by atoms with Gasteiger partial charge in [0.1, 0.15) is 0 Å². The van der Waals surface area contributed by atoms with E-state index in [9.17, 15) is 0 Å². The van der Waals surface area contributed by atoms with Crippen molar-refractivity contribution in [3.8, 4) is 27.9 Å². The van der Waals surface area contributed by atoms with Crippen LogP contribution in [-0.2, 0) is 0 Å². The molecule has 0 atom stereocenters. The molecule has 0 saturated heterocycles. The molecule has 0 aliphatic carbocycles. The maximum absolute atomic E-state index is 4.84. The highest BCUT2D eigenvalue weighted by molar-refractivity contribution is 6.27. The van der Waals surface area contributed by atoms with Crippen molar-refractivity contribution in [1.29, 1.82) is 0 Å². The van der Waals surface area contributed by atoms with E-state index < -0.39 is 0 Å². The zero-order valence-corrected chi connectivity index (χ0v) is 23.3. The number of fused-ring (bicyclic) bond motifs is 9. The third kappa shape index (κ3) is 3.68. The molecule has 0 N–H and O–H groups in total. The lowest BCUT2D eigenvalue weighted by molar-refractivity contribution is 1.18. The van der Waals surface area contributed by atoms with E-state index in [1.54, 1.807) is 12.4 Å². The fourth-order valence-electron chi connectivity index (χ4n) is 6.70. The summed E-state index contributed by atoms with van der Waals surface area (Å²) >= 11 is 0. The lowest BCUT2D eigenvalue weighted by Gasteiger charge is -2.13. The number of hydrogen-bond acceptors (Lipinski definition) is 2. The van der Waals surface area contributed by atoms with Crippen molar-refractivity contribution in [3.63, 3.8) is 0 Å². The first kappa shape index (κ1) is 23.9. The fourth-order valence-corrected chi connectivity index (χ4v) is 6.70. The largest absolute Gasteiger partial charge is 0.309 e. The first-order chi connectivity index (χ1) is 21.3. The van der Waals surface area contributed by atoms with Crippen LogP contribution in [-0.4, -0.2) is 14.5 Å². The summed E-state index contributed by atoms with van der Waals surface area (Å²) in [5.41, 5.74) is 10.2.